The highest BCUT2D eigenvalue weighted by Crippen LogP contribution is 2.31. The first-order valence-corrected chi connectivity index (χ1v) is 12.4. The minimum absolute atomic E-state index is 0.0596. The van der Waals surface area contributed by atoms with Crippen molar-refractivity contribution < 1.29 is 13.2 Å². The van der Waals surface area contributed by atoms with Gasteiger partial charge in [0.2, 0.25) is 0 Å². The van der Waals surface area contributed by atoms with E-state index in [0.717, 1.165) is 16.6 Å². The smallest absolute Gasteiger partial charge is 0.261 e. The zero-order valence-electron chi connectivity index (χ0n) is 17.8. The summed E-state index contributed by atoms with van der Waals surface area (Å²) in [6.45, 7) is 4.72. The zero-order valence-corrected chi connectivity index (χ0v) is 19.4. The Bertz CT molecular complexity index is 1150. The molecule has 2 aromatic carbocycles. The number of hydrogen-bond acceptors (Lipinski definition) is 6. The van der Waals surface area contributed by atoms with Crippen molar-refractivity contribution in [2.75, 3.05) is 37.8 Å². The minimum atomic E-state index is -3.53. The van der Waals surface area contributed by atoms with Gasteiger partial charge in [0.15, 0.2) is 15.0 Å². The van der Waals surface area contributed by atoms with E-state index in [1.165, 1.54) is 23.0 Å². The third kappa shape index (κ3) is 4.71. The molecule has 0 bridgehead atoms. The van der Waals surface area contributed by atoms with Gasteiger partial charge in [0.1, 0.15) is 0 Å². The SMILES string of the molecule is CCc1ccc2nc(N(CCN(C)C)C(=O)c3ccccc3S(=O)(=O)CC)sc2c1. The molecule has 3 aromatic rings. The van der Waals surface area contributed by atoms with E-state index >= 15 is 0 Å². The van der Waals surface area contributed by atoms with E-state index in [-0.39, 0.29) is 22.1 Å². The molecule has 0 saturated heterocycles. The maximum absolute atomic E-state index is 13.6. The molecular weight excluding hydrogens is 418 g/mol. The molecule has 0 saturated carbocycles. The van der Waals surface area contributed by atoms with Crippen LogP contribution in [0, 0.1) is 0 Å². The number of amides is 1. The van der Waals surface area contributed by atoms with Gasteiger partial charge >= 0.3 is 0 Å². The van der Waals surface area contributed by atoms with Crippen LogP contribution in [0.4, 0.5) is 5.13 Å². The number of carbonyl (C=O) groups excluding carboxylic acids is 1. The lowest BCUT2D eigenvalue weighted by atomic mass is 10.2. The van der Waals surface area contributed by atoms with Crippen LogP contribution in [0.5, 0.6) is 0 Å². The molecule has 3 rings (SSSR count). The molecule has 160 valence electrons. The summed E-state index contributed by atoms with van der Waals surface area (Å²) in [6, 6.07) is 12.5. The van der Waals surface area contributed by atoms with Crippen LogP contribution in [-0.4, -0.2) is 57.1 Å². The number of fused-ring (bicyclic) bond motifs is 1. The van der Waals surface area contributed by atoms with E-state index < -0.39 is 9.84 Å². The maximum atomic E-state index is 13.6. The lowest BCUT2D eigenvalue weighted by molar-refractivity contribution is 0.0982. The highest BCUT2D eigenvalue weighted by molar-refractivity contribution is 7.91. The predicted octanol–water partition coefficient (Wildman–Crippen LogP) is 3.86. The summed E-state index contributed by atoms with van der Waals surface area (Å²) in [5, 5.41) is 0.578. The molecule has 0 N–H and O–H groups in total. The lowest BCUT2D eigenvalue weighted by Crippen LogP contribution is -2.37. The summed E-state index contributed by atoms with van der Waals surface area (Å²) in [7, 11) is 0.340. The summed E-state index contributed by atoms with van der Waals surface area (Å²) in [6.07, 6.45) is 0.925. The van der Waals surface area contributed by atoms with Crippen molar-refractivity contribution in [1.82, 2.24) is 9.88 Å². The van der Waals surface area contributed by atoms with E-state index in [2.05, 4.69) is 18.0 Å². The molecule has 0 fully saturated rings. The Labute approximate surface area is 182 Å². The molecule has 0 unspecified atom stereocenters. The summed E-state index contributed by atoms with van der Waals surface area (Å²) >= 11 is 1.45. The van der Waals surface area contributed by atoms with Gasteiger partial charge in [-0.3, -0.25) is 9.69 Å². The quantitative estimate of drug-likeness (QED) is 0.527. The Morgan fingerprint density at radius 2 is 1.80 bits per heavy atom. The van der Waals surface area contributed by atoms with Crippen LogP contribution in [0.3, 0.4) is 0 Å². The molecule has 1 amide bonds. The fraction of sp³-hybridized carbons (Fsp3) is 0.364. The minimum Gasteiger partial charge on any atom is -0.308 e. The Balaban J connectivity index is 2.08. The van der Waals surface area contributed by atoms with Gasteiger partial charge in [-0.25, -0.2) is 13.4 Å². The van der Waals surface area contributed by atoms with Crippen molar-refractivity contribution >= 4 is 42.4 Å². The van der Waals surface area contributed by atoms with Gasteiger partial charge in [0.05, 0.1) is 26.4 Å². The summed E-state index contributed by atoms with van der Waals surface area (Å²) in [4.78, 5) is 21.9. The van der Waals surface area contributed by atoms with Crippen molar-refractivity contribution in [2.24, 2.45) is 0 Å². The van der Waals surface area contributed by atoms with Crippen molar-refractivity contribution in [3.05, 3.63) is 53.6 Å². The molecule has 8 heteroatoms. The van der Waals surface area contributed by atoms with Crippen molar-refractivity contribution in [3.63, 3.8) is 0 Å². The number of aryl methyl sites for hydroxylation is 1. The number of sulfone groups is 1. The van der Waals surface area contributed by atoms with Crippen molar-refractivity contribution in [1.29, 1.82) is 0 Å². The monoisotopic (exact) mass is 445 g/mol. The molecule has 0 aliphatic heterocycles. The molecule has 0 atom stereocenters. The first-order chi connectivity index (χ1) is 14.3. The van der Waals surface area contributed by atoms with Gasteiger partial charge in [-0.2, -0.15) is 0 Å². The van der Waals surface area contributed by atoms with Crippen LogP contribution >= 0.6 is 11.3 Å². The van der Waals surface area contributed by atoms with Gasteiger partial charge in [-0.1, -0.05) is 43.4 Å². The van der Waals surface area contributed by atoms with E-state index in [1.54, 1.807) is 30.0 Å². The van der Waals surface area contributed by atoms with Crippen molar-refractivity contribution in [2.45, 2.75) is 25.2 Å². The van der Waals surface area contributed by atoms with E-state index in [1.807, 2.05) is 31.1 Å². The summed E-state index contributed by atoms with van der Waals surface area (Å²) in [5.41, 5.74) is 2.24. The Kier molecular flexibility index (Phi) is 6.90. The first kappa shape index (κ1) is 22.4. The molecule has 6 nitrogen and oxygen atoms in total. The second kappa shape index (κ2) is 9.24. The average molecular weight is 446 g/mol. The summed E-state index contributed by atoms with van der Waals surface area (Å²) in [5.74, 6) is -0.408. The number of likely N-dealkylation sites (N-methyl/N-ethyl adjacent to an activating group) is 1. The second-order valence-electron chi connectivity index (χ2n) is 7.31. The molecule has 0 aliphatic rings. The van der Waals surface area contributed by atoms with Crippen LogP contribution < -0.4 is 4.90 Å². The Morgan fingerprint density at radius 1 is 1.07 bits per heavy atom. The highest BCUT2D eigenvalue weighted by atomic mass is 32.2. The number of anilines is 1. The normalized spacial score (nSPS) is 11.9. The predicted molar refractivity (Wildman–Crippen MR) is 123 cm³/mol. The average Bonchev–Trinajstić information content (AvgIpc) is 3.16. The highest BCUT2D eigenvalue weighted by Gasteiger charge is 2.27. The third-order valence-corrected chi connectivity index (χ3v) is 7.76. The largest absolute Gasteiger partial charge is 0.308 e. The van der Waals surface area contributed by atoms with Gasteiger partial charge in [-0.05, 0) is 50.3 Å². The van der Waals surface area contributed by atoms with Crippen LogP contribution in [0.25, 0.3) is 10.2 Å². The molecule has 0 spiro atoms. The molecule has 1 heterocycles. The summed E-state index contributed by atoms with van der Waals surface area (Å²) < 4.78 is 26.2. The second-order valence-corrected chi connectivity index (χ2v) is 10.6. The molecular formula is C22H27N3O3S2. The molecule has 30 heavy (non-hydrogen) atoms. The van der Waals surface area contributed by atoms with E-state index in [4.69, 9.17) is 0 Å². The number of benzene rings is 2. The van der Waals surface area contributed by atoms with Crippen LogP contribution in [0.1, 0.15) is 29.8 Å². The van der Waals surface area contributed by atoms with Gasteiger partial charge in [-0.15, -0.1) is 0 Å². The van der Waals surface area contributed by atoms with E-state index in [9.17, 15) is 13.2 Å². The van der Waals surface area contributed by atoms with Gasteiger partial charge in [0, 0.05) is 13.1 Å². The number of carbonyl (C=O) groups is 1. The van der Waals surface area contributed by atoms with Gasteiger partial charge in [0.25, 0.3) is 5.91 Å². The fourth-order valence-electron chi connectivity index (χ4n) is 3.09. The number of hydrogen-bond donors (Lipinski definition) is 0. The van der Waals surface area contributed by atoms with Crippen molar-refractivity contribution in [3.8, 4) is 0 Å². The number of aromatic nitrogens is 1. The Morgan fingerprint density at radius 3 is 2.47 bits per heavy atom. The van der Waals surface area contributed by atoms with Crippen LogP contribution in [-0.2, 0) is 16.3 Å². The fourth-order valence-corrected chi connectivity index (χ4v) is 5.23. The van der Waals surface area contributed by atoms with Gasteiger partial charge < -0.3 is 4.90 Å². The molecule has 0 radical (unpaired) electrons. The number of rotatable bonds is 8. The Hall–Kier alpha value is -2.29. The standard InChI is InChI=1S/C22H27N3O3S2/c1-5-16-11-12-18-19(15-16)29-22(23-18)25(14-13-24(3)4)21(26)17-9-7-8-10-20(17)30(27,28)6-2/h7-12,15H,5-6,13-14H2,1-4H3. The molecule has 1 aromatic heterocycles. The number of thiazole rings is 1. The lowest BCUT2D eigenvalue weighted by Gasteiger charge is -2.23. The molecule has 0 aliphatic carbocycles. The van der Waals surface area contributed by atoms with Crippen LogP contribution in [0.15, 0.2) is 47.4 Å². The zero-order chi connectivity index (χ0) is 21.9. The first-order valence-electron chi connectivity index (χ1n) is 9.94. The maximum Gasteiger partial charge on any atom is 0.261 e. The van der Waals surface area contributed by atoms with Crippen LogP contribution in [0.2, 0.25) is 0 Å². The van der Waals surface area contributed by atoms with E-state index in [0.29, 0.717) is 18.2 Å². The number of nitrogens with zero attached hydrogens (tertiary/aromatic N) is 3. The third-order valence-electron chi connectivity index (χ3n) is 4.93. The topological polar surface area (TPSA) is 70.6 Å².